The quantitative estimate of drug-likeness (QED) is 0.151. The van der Waals surface area contributed by atoms with E-state index in [1.54, 1.807) is 32.0 Å². The smallest absolute Gasteiger partial charge is 0.261 e. The first-order valence-corrected chi connectivity index (χ1v) is 21.2. The fourth-order valence-electron chi connectivity index (χ4n) is 5.43. The average Bonchev–Trinajstić information content (AvgIpc) is 3.78. The summed E-state index contributed by atoms with van der Waals surface area (Å²) >= 11 is 0. The van der Waals surface area contributed by atoms with Crippen molar-refractivity contribution in [3.8, 4) is 39.7 Å². The number of hydrogen-bond acceptors (Lipinski definition) is 11. The van der Waals surface area contributed by atoms with Gasteiger partial charge in [-0.2, -0.15) is 16.8 Å². The summed E-state index contributed by atoms with van der Waals surface area (Å²) in [6.07, 6.45) is 3.25. The van der Waals surface area contributed by atoms with Crippen LogP contribution in [-0.4, -0.2) is 95.3 Å². The molecule has 1 atom stereocenters. The first kappa shape index (κ1) is 41.3. The van der Waals surface area contributed by atoms with Gasteiger partial charge in [0.2, 0.25) is 16.0 Å². The summed E-state index contributed by atoms with van der Waals surface area (Å²) in [4.78, 5) is 14.1. The topological polar surface area (TPSA) is 228 Å². The number of anilines is 1. The number of nitrogen functional groups attached to an aromatic ring is 1. The van der Waals surface area contributed by atoms with Gasteiger partial charge >= 0.3 is 0 Å². The third kappa shape index (κ3) is 10.8. The number of H-pyrrole nitrogens is 1. The van der Waals surface area contributed by atoms with Crippen molar-refractivity contribution in [2.45, 2.75) is 45.1 Å². The van der Waals surface area contributed by atoms with Crippen molar-refractivity contribution < 1.29 is 47.9 Å². The molecule has 0 saturated carbocycles. The van der Waals surface area contributed by atoms with Crippen LogP contribution >= 0.6 is 0 Å². The molecule has 1 fully saturated rings. The largest absolute Gasteiger partial charge is 0.475 e. The minimum Gasteiger partial charge on any atom is -0.475 e. The zero-order valence-corrected chi connectivity index (χ0v) is 31.8. The van der Waals surface area contributed by atoms with Crippen LogP contribution in [0, 0.1) is 11.6 Å². The number of aromatic nitrogens is 4. The molecule has 20 heteroatoms. The molecule has 3 heterocycles. The minimum absolute atomic E-state index is 0.0223. The number of nitrogens with two attached hydrogens (primary N) is 1. The fourth-order valence-corrected chi connectivity index (χ4v) is 6.58. The molecule has 0 radical (unpaired) electrons. The second kappa shape index (κ2) is 16.3. The maximum absolute atomic E-state index is 15.6. The molecule has 6 rings (SSSR count). The second-order valence-corrected chi connectivity index (χ2v) is 17.7. The number of imidazole rings is 2. The highest BCUT2D eigenvalue weighted by Crippen LogP contribution is 2.37. The summed E-state index contributed by atoms with van der Waals surface area (Å²) in [6, 6.07) is 16.5. The molecule has 0 aliphatic carbocycles. The number of ether oxygens (including phenoxy) is 1. The zero-order valence-electron chi connectivity index (χ0n) is 29.4. The Morgan fingerprint density at radius 1 is 0.830 bits per heavy atom. The minimum atomic E-state index is -3.83. The summed E-state index contributed by atoms with van der Waals surface area (Å²) < 4.78 is 116. The van der Waals surface area contributed by atoms with Crippen molar-refractivity contribution >= 4 is 47.2 Å². The molecule has 288 valence electrons. The predicted molar refractivity (Wildman–Crippen MR) is 198 cm³/mol. The molecule has 15 nitrogen and oxygen atoms in total. The van der Waals surface area contributed by atoms with E-state index in [0.29, 0.717) is 35.0 Å². The Bertz CT molecular complexity index is 2350. The Labute approximate surface area is 306 Å². The second-order valence-electron chi connectivity index (χ2n) is 12.4. The predicted octanol–water partition coefficient (Wildman–Crippen LogP) is 5.04. The van der Waals surface area contributed by atoms with E-state index >= 15 is 8.78 Å². The van der Waals surface area contributed by atoms with Crippen molar-refractivity contribution in [2.75, 3.05) is 31.3 Å². The van der Waals surface area contributed by atoms with Gasteiger partial charge in [-0.1, -0.05) is 36.4 Å². The maximum atomic E-state index is 15.6. The van der Waals surface area contributed by atoms with Crippen molar-refractivity contribution in [1.82, 2.24) is 23.8 Å². The van der Waals surface area contributed by atoms with E-state index in [0.717, 1.165) is 35.5 Å². The Balaban J connectivity index is 0.000000556. The van der Waals surface area contributed by atoms with Crippen LogP contribution in [0.25, 0.3) is 44.9 Å². The van der Waals surface area contributed by atoms with Crippen LogP contribution in [0.15, 0.2) is 60.7 Å². The highest BCUT2D eigenvalue weighted by molar-refractivity contribution is 7.90. The lowest BCUT2D eigenvalue weighted by molar-refractivity contribution is 0.0587. The first-order chi connectivity index (χ1) is 24.5. The number of benzene rings is 3. The Hall–Kier alpha value is -4.47. The van der Waals surface area contributed by atoms with Gasteiger partial charge in [0, 0.05) is 36.3 Å². The van der Waals surface area contributed by atoms with Gasteiger partial charge < -0.3 is 15.5 Å². The van der Waals surface area contributed by atoms with Crippen molar-refractivity contribution in [3.05, 3.63) is 72.3 Å². The van der Waals surface area contributed by atoms with E-state index in [4.69, 9.17) is 19.6 Å². The number of fused-ring (bicyclic) bond motifs is 1. The number of nitrogens with one attached hydrogen (secondary N) is 1. The molecule has 5 N–H and O–H groups in total. The molecule has 1 saturated heterocycles. The van der Waals surface area contributed by atoms with Gasteiger partial charge in [-0.15, -0.1) is 0 Å². The van der Waals surface area contributed by atoms with E-state index in [1.807, 2.05) is 37.3 Å². The molecule has 0 amide bonds. The Kier molecular flexibility index (Phi) is 12.7. The molecular formula is C33H40F2N6O9S3. The zero-order chi connectivity index (χ0) is 39.5. The molecule has 5 aromatic rings. The average molecular weight is 799 g/mol. The number of hydrogen-bond donors (Lipinski definition) is 4. The Morgan fingerprint density at radius 3 is 1.91 bits per heavy atom. The third-order valence-corrected chi connectivity index (χ3v) is 9.83. The standard InChI is InChI=1S/C31H32F2N6O3S.2CH4O3S/c1-18(2)43(40,41)39-26-15-21(11-12-25(26)35-31(39)34)29-28(20-9-5-4-6-10-20)36-30(37-29)27-23(32)16-22(17-24(27)33)42-19(3)38-13-7-8-14-38;2*1-5(2,3)4/h4-6,9-12,15-19H,7-8,13-14H2,1-3H3,(H2,34,35)(H,36,37);2*1H3,(H,2,3,4). The normalized spacial score (nSPS) is 14.4. The Morgan fingerprint density at radius 2 is 1.38 bits per heavy atom. The summed E-state index contributed by atoms with van der Waals surface area (Å²) in [7, 11) is -11.2. The summed E-state index contributed by atoms with van der Waals surface area (Å²) in [6.45, 7) is 6.74. The van der Waals surface area contributed by atoms with Gasteiger partial charge in [0.15, 0.2) is 0 Å². The molecule has 1 aliphatic heterocycles. The van der Waals surface area contributed by atoms with Crippen LogP contribution in [0.4, 0.5) is 14.7 Å². The van der Waals surface area contributed by atoms with Crippen molar-refractivity contribution in [3.63, 3.8) is 0 Å². The van der Waals surface area contributed by atoms with E-state index in [9.17, 15) is 25.3 Å². The van der Waals surface area contributed by atoms with E-state index in [-0.39, 0.29) is 34.8 Å². The molecular weight excluding hydrogens is 759 g/mol. The van der Waals surface area contributed by atoms with E-state index in [2.05, 4.69) is 19.9 Å². The van der Waals surface area contributed by atoms with Crippen LogP contribution in [0.1, 0.15) is 33.6 Å². The van der Waals surface area contributed by atoms with Crippen molar-refractivity contribution in [2.24, 2.45) is 0 Å². The van der Waals surface area contributed by atoms with Gasteiger partial charge in [-0.3, -0.25) is 14.0 Å². The summed E-state index contributed by atoms with van der Waals surface area (Å²) in [5.41, 5.74) is 8.47. The number of aromatic amines is 1. The van der Waals surface area contributed by atoms with Gasteiger partial charge in [-0.05, 0) is 45.7 Å². The number of halogens is 2. The number of rotatable bonds is 8. The molecule has 1 unspecified atom stereocenters. The van der Waals surface area contributed by atoms with Crippen LogP contribution < -0.4 is 10.5 Å². The van der Waals surface area contributed by atoms with Gasteiger partial charge in [0.05, 0.1) is 45.7 Å². The highest BCUT2D eigenvalue weighted by atomic mass is 32.2. The van der Waals surface area contributed by atoms with Crippen LogP contribution in [0.3, 0.4) is 0 Å². The van der Waals surface area contributed by atoms with E-state index in [1.165, 1.54) is 12.1 Å². The van der Waals surface area contributed by atoms with Gasteiger partial charge in [-0.25, -0.2) is 31.1 Å². The highest BCUT2D eigenvalue weighted by Gasteiger charge is 2.27. The summed E-state index contributed by atoms with van der Waals surface area (Å²) in [5, 5.41) is -0.746. The molecule has 0 bridgehead atoms. The number of nitrogens with zero attached hydrogens (tertiary/aromatic N) is 4. The molecule has 3 aromatic carbocycles. The van der Waals surface area contributed by atoms with Gasteiger partial charge in [0.1, 0.15) is 29.4 Å². The molecule has 1 aliphatic rings. The van der Waals surface area contributed by atoms with E-state index < -0.39 is 47.1 Å². The molecule has 0 spiro atoms. The van der Waals surface area contributed by atoms with Gasteiger partial charge in [0.25, 0.3) is 20.2 Å². The number of likely N-dealkylation sites (tertiary alicyclic amines) is 1. The lowest BCUT2D eigenvalue weighted by Gasteiger charge is -2.24. The first-order valence-electron chi connectivity index (χ1n) is 16.0. The third-order valence-electron chi connectivity index (χ3n) is 7.74. The monoisotopic (exact) mass is 798 g/mol. The molecule has 2 aromatic heterocycles. The van der Waals surface area contributed by atoms with Crippen LogP contribution in [0.2, 0.25) is 0 Å². The SMILES string of the molecule is CC(Oc1cc(F)c(-c2nc(-c3ccc4nc(N)n(S(=O)(=O)C(C)C)c4c3)c(-c3ccccc3)[nH]2)c(F)c1)N1CCCC1.CS(=O)(=O)O.CS(=O)(=O)O. The molecule has 53 heavy (non-hydrogen) atoms. The maximum Gasteiger partial charge on any atom is 0.261 e. The fraction of sp³-hybridized carbons (Fsp3) is 0.333. The lowest BCUT2D eigenvalue weighted by Crippen LogP contribution is -2.34. The summed E-state index contributed by atoms with van der Waals surface area (Å²) in [5.74, 6) is -1.74. The van der Waals surface area contributed by atoms with Crippen LogP contribution in [-0.2, 0) is 30.3 Å². The van der Waals surface area contributed by atoms with Crippen LogP contribution in [0.5, 0.6) is 5.75 Å². The lowest BCUT2D eigenvalue weighted by atomic mass is 10.0. The van der Waals surface area contributed by atoms with Crippen molar-refractivity contribution in [1.29, 1.82) is 0 Å².